The van der Waals surface area contributed by atoms with Gasteiger partial charge in [0.1, 0.15) is 17.0 Å². The summed E-state index contributed by atoms with van der Waals surface area (Å²) < 4.78 is 0. The molecule has 1 aliphatic rings. The lowest BCUT2D eigenvalue weighted by Gasteiger charge is -2.33. The lowest BCUT2D eigenvalue weighted by Crippen LogP contribution is -2.40. The second-order valence-electron chi connectivity index (χ2n) is 6.87. The van der Waals surface area contributed by atoms with Gasteiger partial charge in [-0.3, -0.25) is 4.90 Å². The van der Waals surface area contributed by atoms with E-state index in [0.717, 1.165) is 45.3 Å². The zero-order valence-electron chi connectivity index (χ0n) is 14.9. The van der Waals surface area contributed by atoms with E-state index >= 15 is 0 Å². The molecule has 0 amide bonds. The molecule has 1 N–H and O–H groups in total. The van der Waals surface area contributed by atoms with Crippen LogP contribution in [0.3, 0.4) is 0 Å². The molecular formula is C20H23ClN4S. The number of likely N-dealkylation sites (tertiary alicyclic amines) is 1. The van der Waals surface area contributed by atoms with Crippen molar-refractivity contribution in [2.24, 2.45) is 0 Å². The van der Waals surface area contributed by atoms with Crippen LogP contribution in [0.2, 0.25) is 5.02 Å². The highest BCUT2D eigenvalue weighted by Gasteiger charge is 2.18. The van der Waals surface area contributed by atoms with E-state index in [4.69, 9.17) is 11.6 Å². The van der Waals surface area contributed by atoms with Crippen molar-refractivity contribution < 1.29 is 0 Å². The van der Waals surface area contributed by atoms with Crippen molar-refractivity contribution in [1.82, 2.24) is 14.9 Å². The molecule has 2 aromatic heterocycles. The smallest absolute Gasteiger partial charge is 0.138 e. The fraction of sp³-hybridized carbons (Fsp3) is 0.400. The summed E-state index contributed by atoms with van der Waals surface area (Å²) in [6.07, 6.45) is 5.63. The molecule has 136 valence electrons. The van der Waals surface area contributed by atoms with Gasteiger partial charge in [0, 0.05) is 35.1 Å². The maximum atomic E-state index is 6.04. The van der Waals surface area contributed by atoms with Crippen LogP contribution in [0.1, 0.15) is 26.2 Å². The molecule has 1 fully saturated rings. The van der Waals surface area contributed by atoms with E-state index in [1.165, 1.54) is 25.8 Å². The number of nitrogens with zero attached hydrogens (tertiary/aromatic N) is 3. The van der Waals surface area contributed by atoms with Crippen molar-refractivity contribution in [3.8, 4) is 11.1 Å². The summed E-state index contributed by atoms with van der Waals surface area (Å²) in [7, 11) is 0. The maximum absolute atomic E-state index is 6.04. The van der Waals surface area contributed by atoms with Crippen molar-refractivity contribution in [2.45, 2.75) is 32.2 Å². The van der Waals surface area contributed by atoms with E-state index in [-0.39, 0.29) is 0 Å². The van der Waals surface area contributed by atoms with Gasteiger partial charge in [0.25, 0.3) is 0 Å². The number of fused-ring (bicyclic) bond motifs is 1. The number of hydrogen-bond acceptors (Lipinski definition) is 5. The number of nitrogens with one attached hydrogen (secondary N) is 1. The average molecular weight is 387 g/mol. The molecule has 0 unspecified atom stereocenters. The van der Waals surface area contributed by atoms with Gasteiger partial charge in [0.2, 0.25) is 0 Å². The van der Waals surface area contributed by atoms with E-state index in [1.54, 1.807) is 17.7 Å². The van der Waals surface area contributed by atoms with Crippen molar-refractivity contribution in [3.05, 3.63) is 41.0 Å². The van der Waals surface area contributed by atoms with Crippen LogP contribution in [0.5, 0.6) is 0 Å². The Kier molecular flexibility index (Phi) is 5.38. The fourth-order valence-electron chi connectivity index (χ4n) is 3.66. The zero-order valence-corrected chi connectivity index (χ0v) is 16.5. The molecule has 1 saturated heterocycles. The normalized spacial score (nSPS) is 18.3. The molecule has 4 rings (SSSR count). The number of rotatable bonds is 5. The standard InChI is InChI=1S/C20H23ClN4S/c1-14-4-2-3-10-25(14)11-9-22-19-18-17(12-26-20(18)24-13-23-19)15-5-7-16(21)8-6-15/h5-8,12-14H,2-4,9-11H2,1H3,(H,22,23,24)/t14-/m0/s1. The summed E-state index contributed by atoms with van der Waals surface area (Å²) in [5.41, 5.74) is 2.30. The van der Waals surface area contributed by atoms with E-state index in [0.29, 0.717) is 6.04 Å². The van der Waals surface area contributed by atoms with Gasteiger partial charge >= 0.3 is 0 Å². The van der Waals surface area contributed by atoms with Gasteiger partial charge in [0.05, 0.1) is 5.39 Å². The number of thiophene rings is 1. The van der Waals surface area contributed by atoms with Gasteiger partial charge in [-0.05, 0) is 44.0 Å². The van der Waals surface area contributed by atoms with Crippen LogP contribution >= 0.6 is 22.9 Å². The summed E-state index contributed by atoms with van der Waals surface area (Å²) in [5.74, 6) is 0.922. The Bertz CT molecular complexity index is 877. The molecule has 1 aromatic carbocycles. The summed E-state index contributed by atoms with van der Waals surface area (Å²) in [6.45, 7) is 5.48. The van der Waals surface area contributed by atoms with Crippen molar-refractivity contribution >= 4 is 39.0 Å². The summed E-state index contributed by atoms with van der Waals surface area (Å²) >= 11 is 7.69. The van der Waals surface area contributed by atoms with Crippen LogP contribution in [0.4, 0.5) is 5.82 Å². The third-order valence-electron chi connectivity index (χ3n) is 5.16. The van der Waals surface area contributed by atoms with Gasteiger partial charge in [-0.1, -0.05) is 30.2 Å². The topological polar surface area (TPSA) is 41.0 Å². The lowest BCUT2D eigenvalue weighted by atomic mass is 10.0. The molecule has 0 spiro atoms. The van der Waals surface area contributed by atoms with Crippen LogP contribution in [0.15, 0.2) is 36.0 Å². The molecule has 0 aliphatic carbocycles. The number of hydrogen-bond donors (Lipinski definition) is 1. The van der Waals surface area contributed by atoms with Crippen LogP contribution in [-0.4, -0.2) is 40.5 Å². The number of benzene rings is 1. The first-order valence-electron chi connectivity index (χ1n) is 9.18. The molecule has 0 bridgehead atoms. The summed E-state index contributed by atoms with van der Waals surface area (Å²) in [6, 6.07) is 8.64. The van der Waals surface area contributed by atoms with E-state index < -0.39 is 0 Å². The highest BCUT2D eigenvalue weighted by molar-refractivity contribution is 7.17. The van der Waals surface area contributed by atoms with Gasteiger partial charge in [-0.25, -0.2) is 9.97 Å². The van der Waals surface area contributed by atoms with Crippen LogP contribution in [0, 0.1) is 0 Å². The fourth-order valence-corrected chi connectivity index (χ4v) is 4.70. The van der Waals surface area contributed by atoms with Gasteiger partial charge in [0.15, 0.2) is 0 Å². The number of aromatic nitrogens is 2. The first kappa shape index (κ1) is 17.7. The lowest BCUT2D eigenvalue weighted by molar-refractivity contribution is 0.167. The van der Waals surface area contributed by atoms with Crippen molar-refractivity contribution in [3.63, 3.8) is 0 Å². The first-order valence-corrected chi connectivity index (χ1v) is 10.4. The Labute approximate surface area is 163 Å². The SMILES string of the molecule is C[C@H]1CCCCN1CCNc1ncnc2scc(-c3ccc(Cl)cc3)c12. The maximum Gasteiger partial charge on any atom is 0.138 e. The van der Waals surface area contributed by atoms with Crippen LogP contribution in [-0.2, 0) is 0 Å². The Balaban J connectivity index is 1.55. The quantitative estimate of drug-likeness (QED) is 0.646. The first-order chi connectivity index (χ1) is 12.7. The van der Waals surface area contributed by atoms with Crippen LogP contribution < -0.4 is 5.32 Å². The molecule has 3 heterocycles. The minimum Gasteiger partial charge on any atom is -0.368 e. The molecule has 4 nitrogen and oxygen atoms in total. The van der Waals surface area contributed by atoms with E-state index in [2.05, 4.69) is 44.6 Å². The minimum atomic E-state index is 0.682. The Morgan fingerprint density at radius 3 is 2.88 bits per heavy atom. The predicted octanol–water partition coefficient (Wildman–Crippen LogP) is 5.30. The van der Waals surface area contributed by atoms with E-state index in [9.17, 15) is 0 Å². The molecule has 6 heteroatoms. The second-order valence-corrected chi connectivity index (χ2v) is 8.16. The number of anilines is 1. The Morgan fingerprint density at radius 1 is 1.23 bits per heavy atom. The van der Waals surface area contributed by atoms with Gasteiger partial charge < -0.3 is 5.32 Å². The number of piperidine rings is 1. The third-order valence-corrected chi connectivity index (χ3v) is 6.30. The highest BCUT2D eigenvalue weighted by Crippen LogP contribution is 2.36. The Hall–Kier alpha value is -1.69. The molecule has 0 radical (unpaired) electrons. The third kappa shape index (κ3) is 3.70. The average Bonchev–Trinajstić information content (AvgIpc) is 3.09. The van der Waals surface area contributed by atoms with E-state index in [1.807, 2.05) is 12.1 Å². The Morgan fingerprint density at radius 2 is 2.08 bits per heavy atom. The van der Waals surface area contributed by atoms with Gasteiger partial charge in [-0.2, -0.15) is 0 Å². The molecule has 3 aromatic rings. The minimum absolute atomic E-state index is 0.682. The van der Waals surface area contributed by atoms with Crippen molar-refractivity contribution in [2.75, 3.05) is 25.0 Å². The predicted molar refractivity (Wildman–Crippen MR) is 111 cm³/mol. The zero-order chi connectivity index (χ0) is 17.9. The number of halogens is 1. The summed E-state index contributed by atoms with van der Waals surface area (Å²) in [5, 5.41) is 7.56. The molecule has 26 heavy (non-hydrogen) atoms. The van der Waals surface area contributed by atoms with Crippen molar-refractivity contribution in [1.29, 1.82) is 0 Å². The highest BCUT2D eigenvalue weighted by atomic mass is 35.5. The summed E-state index contributed by atoms with van der Waals surface area (Å²) in [4.78, 5) is 12.6. The largest absolute Gasteiger partial charge is 0.368 e. The van der Waals surface area contributed by atoms with Gasteiger partial charge in [-0.15, -0.1) is 11.3 Å². The van der Waals surface area contributed by atoms with Crippen LogP contribution in [0.25, 0.3) is 21.3 Å². The molecule has 1 aliphatic heterocycles. The molecule has 0 saturated carbocycles. The monoisotopic (exact) mass is 386 g/mol. The molecular weight excluding hydrogens is 364 g/mol. The molecule has 1 atom stereocenters. The second kappa shape index (κ2) is 7.91.